The van der Waals surface area contributed by atoms with Crippen molar-refractivity contribution in [1.82, 2.24) is 20.2 Å². The van der Waals surface area contributed by atoms with Crippen LogP contribution in [0.5, 0.6) is 6.01 Å². The first-order valence-corrected chi connectivity index (χ1v) is 5.64. The third-order valence-corrected chi connectivity index (χ3v) is 2.22. The Labute approximate surface area is 107 Å². The molecule has 0 aliphatic rings. The maximum absolute atomic E-state index is 13.1. The molecule has 2 aromatic heterocycles. The van der Waals surface area contributed by atoms with Gasteiger partial charge in [0.15, 0.2) is 6.61 Å². The zero-order valence-corrected chi connectivity index (χ0v) is 10.4. The van der Waals surface area contributed by atoms with E-state index in [1.54, 1.807) is 0 Å². The molecular weight excluding hydrogens is 258 g/mol. The number of aromatic nitrogens is 4. The van der Waals surface area contributed by atoms with Crippen LogP contribution in [0.15, 0.2) is 16.7 Å². The van der Waals surface area contributed by atoms with Gasteiger partial charge >= 0.3 is 6.01 Å². The topological polar surface area (TPSA) is 73.9 Å². The smallest absolute Gasteiger partial charge is 0.317 e. The van der Waals surface area contributed by atoms with Gasteiger partial charge in [0.2, 0.25) is 5.89 Å². The number of alkyl halides is 2. The van der Waals surface area contributed by atoms with Gasteiger partial charge in [0, 0.05) is 19.5 Å². The minimum atomic E-state index is -3.04. The van der Waals surface area contributed by atoms with Crippen molar-refractivity contribution in [3.05, 3.63) is 29.7 Å². The summed E-state index contributed by atoms with van der Waals surface area (Å²) < 4.78 is 36.5. The largest absolute Gasteiger partial charge is 0.453 e. The van der Waals surface area contributed by atoms with Crippen molar-refractivity contribution in [2.75, 3.05) is 0 Å². The van der Waals surface area contributed by atoms with Gasteiger partial charge in [0.05, 0.1) is 0 Å². The van der Waals surface area contributed by atoms with Gasteiger partial charge in [-0.1, -0.05) is 6.92 Å². The third kappa shape index (κ3) is 3.43. The van der Waals surface area contributed by atoms with Crippen LogP contribution in [-0.2, 0) is 19.0 Å². The SMILES string of the molecule is CCc1nnc(COc2nccc(C(C)(F)F)n2)o1. The standard InChI is InChI=1S/C11H12F2N4O2/c1-3-8-16-17-9(19-8)6-18-10-14-5-4-7(15-10)11(2,12)13/h4-5H,3,6H2,1-2H3. The predicted molar refractivity (Wildman–Crippen MR) is 59.6 cm³/mol. The number of hydrogen-bond donors (Lipinski definition) is 0. The summed E-state index contributed by atoms with van der Waals surface area (Å²) in [5.74, 6) is -2.32. The van der Waals surface area contributed by atoms with E-state index in [-0.39, 0.29) is 18.5 Å². The summed E-state index contributed by atoms with van der Waals surface area (Å²) >= 11 is 0. The van der Waals surface area contributed by atoms with Crippen LogP contribution in [0.4, 0.5) is 8.78 Å². The first-order chi connectivity index (χ1) is 8.99. The molecule has 2 heterocycles. The molecule has 102 valence electrons. The van der Waals surface area contributed by atoms with Crippen LogP contribution in [0.2, 0.25) is 0 Å². The Morgan fingerprint density at radius 1 is 1.32 bits per heavy atom. The number of aryl methyl sites for hydroxylation is 1. The van der Waals surface area contributed by atoms with E-state index in [4.69, 9.17) is 9.15 Å². The Bertz CT molecular complexity index is 554. The molecule has 0 unspecified atom stereocenters. The van der Waals surface area contributed by atoms with Crippen molar-refractivity contribution in [2.45, 2.75) is 32.8 Å². The molecule has 6 nitrogen and oxygen atoms in total. The van der Waals surface area contributed by atoms with E-state index in [2.05, 4.69) is 20.2 Å². The lowest BCUT2D eigenvalue weighted by Gasteiger charge is -2.09. The highest BCUT2D eigenvalue weighted by Gasteiger charge is 2.26. The number of ether oxygens (including phenoxy) is 1. The molecule has 0 radical (unpaired) electrons. The fraction of sp³-hybridized carbons (Fsp3) is 0.455. The van der Waals surface area contributed by atoms with Crippen molar-refractivity contribution in [1.29, 1.82) is 0 Å². The van der Waals surface area contributed by atoms with Gasteiger partial charge in [0.25, 0.3) is 11.8 Å². The van der Waals surface area contributed by atoms with E-state index in [0.29, 0.717) is 12.3 Å². The van der Waals surface area contributed by atoms with Crippen molar-refractivity contribution < 1.29 is 17.9 Å². The van der Waals surface area contributed by atoms with Crippen LogP contribution in [0, 0.1) is 0 Å². The first kappa shape index (κ1) is 13.3. The molecule has 2 aromatic rings. The molecular formula is C11H12F2N4O2. The maximum atomic E-state index is 13.1. The van der Waals surface area contributed by atoms with Gasteiger partial charge in [-0.3, -0.25) is 0 Å². The highest BCUT2D eigenvalue weighted by molar-refractivity contribution is 5.10. The van der Waals surface area contributed by atoms with Crippen LogP contribution in [0.1, 0.15) is 31.3 Å². The van der Waals surface area contributed by atoms with E-state index in [9.17, 15) is 8.78 Å². The van der Waals surface area contributed by atoms with Gasteiger partial charge < -0.3 is 9.15 Å². The average Bonchev–Trinajstić information content (AvgIpc) is 2.84. The van der Waals surface area contributed by atoms with Gasteiger partial charge in [-0.15, -0.1) is 10.2 Å². The normalized spacial score (nSPS) is 11.6. The van der Waals surface area contributed by atoms with Crippen LogP contribution >= 0.6 is 0 Å². The zero-order chi connectivity index (χ0) is 13.9. The Morgan fingerprint density at radius 3 is 2.68 bits per heavy atom. The van der Waals surface area contributed by atoms with Crippen molar-refractivity contribution in [3.8, 4) is 6.01 Å². The van der Waals surface area contributed by atoms with Crippen LogP contribution in [-0.4, -0.2) is 20.2 Å². The molecule has 2 rings (SSSR count). The van der Waals surface area contributed by atoms with Gasteiger partial charge in [0.1, 0.15) is 5.69 Å². The Balaban J connectivity index is 2.03. The molecule has 0 amide bonds. The molecule has 0 atom stereocenters. The Morgan fingerprint density at radius 2 is 2.05 bits per heavy atom. The van der Waals surface area contributed by atoms with Gasteiger partial charge in [-0.25, -0.2) is 4.98 Å². The average molecular weight is 270 g/mol. The van der Waals surface area contributed by atoms with Crippen molar-refractivity contribution in [2.24, 2.45) is 0 Å². The number of nitrogens with zero attached hydrogens (tertiary/aromatic N) is 4. The third-order valence-electron chi connectivity index (χ3n) is 2.22. The number of halogens is 2. The summed E-state index contributed by atoms with van der Waals surface area (Å²) in [6.45, 7) is 2.56. The molecule has 0 aliphatic heterocycles. The molecule has 0 spiro atoms. The summed E-state index contributed by atoms with van der Waals surface area (Å²) in [5, 5.41) is 7.47. The molecule has 0 saturated heterocycles. The van der Waals surface area contributed by atoms with E-state index >= 15 is 0 Å². The van der Waals surface area contributed by atoms with Crippen LogP contribution in [0.3, 0.4) is 0 Å². The predicted octanol–water partition coefficient (Wildman–Crippen LogP) is 2.11. The molecule has 0 bridgehead atoms. The summed E-state index contributed by atoms with van der Waals surface area (Å²) in [6, 6.07) is 0.977. The van der Waals surface area contributed by atoms with E-state index in [0.717, 1.165) is 13.0 Å². The van der Waals surface area contributed by atoms with E-state index in [1.807, 2.05) is 6.92 Å². The Hall–Kier alpha value is -2.12. The second kappa shape index (κ2) is 5.25. The molecule has 0 fully saturated rings. The van der Waals surface area contributed by atoms with Gasteiger partial charge in [-0.05, 0) is 6.07 Å². The summed E-state index contributed by atoms with van der Waals surface area (Å²) in [4.78, 5) is 7.35. The maximum Gasteiger partial charge on any atom is 0.317 e. The highest BCUT2D eigenvalue weighted by atomic mass is 19.3. The quantitative estimate of drug-likeness (QED) is 0.828. The molecule has 0 aromatic carbocycles. The fourth-order valence-electron chi connectivity index (χ4n) is 1.27. The van der Waals surface area contributed by atoms with E-state index in [1.165, 1.54) is 6.20 Å². The summed E-state index contributed by atoms with van der Waals surface area (Å²) in [7, 11) is 0. The zero-order valence-electron chi connectivity index (χ0n) is 10.4. The van der Waals surface area contributed by atoms with Gasteiger partial charge in [-0.2, -0.15) is 13.8 Å². The Kier molecular flexibility index (Phi) is 3.68. The summed E-state index contributed by atoms with van der Waals surface area (Å²) in [6.07, 6.45) is 1.82. The molecule has 8 heteroatoms. The lowest BCUT2D eigenvalue weighted by Crippen LogP contribution is -2.11. The van der Waals surface area contributed by atoms with Crippen LogP contribution < -0.4 is 4.74 Å². The van der Waals surface area contributed by atoms with Crippen molar-refractivity contribution >= 4 is 0 Å². The second-order valence-electron chi connectivity index (χ2n) is 3.84. The second-order valence-corrected chi connectivity index (χ2v) is 3.84. The highest BCUT2D eigenvalue weighted by Crippen LogP contribution is 2.25. The fourth-order valence-corrected chi connectivity index (χ4v) is 1.27. The molecule has 0 N–H and O–H groups in total. The minimum absolute atomic E-state index is 0.0638. The van der Waals surface area contributed by atoms with Crippen LogP contribution in [0.25, 0.3) is 0 Å². The van der Waals surface area contributed by atoms with E-state index < -0.39 is 11.6 Å². The number of rotatable bonds is 5. The molecule has 19 heavy (non-hydrogen) atoms. The molecule has 0 saturated carbocycles. The lowest BCUT2D eigenvalue weighted by molar-refractivity contribution is 0.0117. The summed E-state index contributed by atoms with van der Waals surface area (Å²) in [5.41, 5.74) is -0.405. The molecule has 0 aliphatic carbocycles. The monoisotopic (exact) mass is 270 g/mol. The lowest BCUT2D eigenvalue weighted by atomic mass is 10.3. The first-order valence-electron chi connectivity index (χ1n) is 5.64. The van der Waals surface area contributed by atoms with Crippen molar-refractivity contribution in [3.63, 3.8) is 0 Å². The minimum Gasteiger partial charge on any atom is -0.453 e. The number of hydrogen-bond acceptors (Lipinski definition) is 6.